The standard InChI is InChI=1S/C20H29N5O2/c1-14(2)20-21-7-5-17(22-20)24-10-15-12-25(13-16(15)11-24)19(27)6-9-23-8-3-4-18(23)26/h5,7,14-16H,3-4,6,8-13H2,1-2H3/t15-,16+. The number of likely N-dealkylation sites (tertiary alicyclic amines) is 2. The normalized spacial score (nSPS) is 25.0. The maximum atomic E-state index is 12.6. The first-order valence-electron chi connectivity index (χ1n) is 10.1. The number of nitrogens with zero attached hydrogens (tertiary/aromatic N) is 5. The van der Waals surface area contributed by atoms with E-state index in [1.165, 1.54) is 0 Å². The molecular formula is C20H29N5O2. The SMILES string of the molecule is CC(C)c1nccc(N2C[C@H]3CN(C(=O)CCN4CCCC4=O)C[C@H]3C2)n1. The number of fused-ring (bicyclic) bond motifs is 1. The molecule has 7 heteroatoms. The summed E-state index contributed by atoms with van der Waals surface area (Å²) in [5.41, 5.74) is 0. The van der Waals surface area contributed by atoms with Crippen molar-refractivity contribution in [3.05, 3.63) is 18.1 Å². The fourth-order valence-corrected chi connectivity index (χ4v) is 4.53. The molecule has 0 N–H and O–H groups in total. The van der Waals surface area contributed by atoms with Gasteiger partial charge in [0.1, 0.15) is 11.6 Å². The van der Waals surface area contributed by atoms with E-state index in [1.807, 2.05) is 22.1 Å². The van der Waals surface area contributed by atoms with E-state index in [2.05, 4.69) is 23.7 Å². The monoisotopic (exact) mass is 371 g/mol. The molecule has 3 aliphatic rings. The lowest BCUT2D eigenvalue weighted by molar-refractivity contribution is -0.132. The van der Waals surface area contributed by atoms with Crippen LogP contribution < -0.4 is 4.90 Å². The molecule has 0 radical (unpaired) electrons. The Kier molecular flexibility index (Phi) is 5.02. The zero-order valence-corrected chi connectivity index (χ0v) is 16.3. The van der Waals surface area contributed by atoms with E-state index in [-0.39, 0.29) is 11.8 Å². The van der Waals surface area contributed by atoms with Crippen LogP contribution in [0.3, 0.4) is 0 Å². The summed E-state index contributed by atoms with van der Waals surface area (Å²) < 4.78 is 0. The van der Waals surface area contributed by atoms with Gasteiger partial charge in [-0.1, -0.05) is 13.8 Å². The van der Waals surface area contributed by atoms with Gasteiger partial charge >= 0.3 is 0 Å². The maximum Gasteiger partial charge on any atom is 0.224 e. The molecule has 2 atom stereocenters. The first-order valence-corrected chi connectivity index (χ1v) is 10.1. The summed E-state index contributed by atoms with van der Waals surface area (Å²) in [6, 6.07) is 1.99. The summed E-state index contributed by atoms with van der Waals surface area (Å²) >= 11 is 0. The van der Waals surface area contributed by atoms with Gasteiger partial charge in [-0.25, -0.2) is 9.97 Å². The molecule has 7 nitrogen and oxygen atoms in total. The highest BCUT2D eigenvalue weighted by molar-refractivity contribution is 5.80. The van der Waals surface area contributed by atoms with Gasteiger partial charge < -0.3 is 14.7 Å². The van der Waals surface area contributed by atoms with E-state index in [0.29, 0.717) is 37.1 Å². The zero-order chi connectivity index (χ0) is 19.0. The first kappa shape index (κ1) is 18.2. The highest BCUT2D eigenvalue weighted by Crippen LogP contribution is 2.33. The van der Waals surface area contributed by atoms with Crippen LogP contribution in [-0.4, -0.2) is 70.9 Å². The molecule has 3 fully saturated rings. The maximum absolute atomic E-state index is 12.6. The Balaban J connectivity index is 1.30. The predicted molar refractivity (Wildman–Crippen MR) is 102 cm³/mol. The highest BCUT2D eigenvalue weighted by atomic mass is 16.2. The largest absolute Gasteiger partial charge is 0.356 e. The molecule has 3 aliphatic heterocycles. The Bertz CT molecular complexity index is 708. The smallest absolute Gasteiger partial charge is 0.224 e. The van der Waals surface area contributed by atoms with Gasteiger partial charge in [-0.05, 0) is 12.5 Å². The third kappa shape index (κ3) is 3.77. The van der Waals surface area contributed by atoms with Crippen molar-refractivity contribution in [2.24, 2.45) is 11.8 Å². The summed E-state index contributed by atoms with van der Waals surface area (Å²) in [6.45, 7) is 9.17. The summed E-state index contributed by atoms with van der Waals surface area (Å²) in [5.74, 6) is 3.63. The van der Waals surface area contributed by atoms with E-state index < -0.39 is 0 Å². The molecule has 0 bridgehead atoms. The second-order valence-corrected chi connectivity index (χ2v) is 8.39. The Morgan fingerprint density at radius 3 is 2.59 bits per heavy atom. The number of aromatic nitrogens is 2. The van der Waals surface area contributed by atoms with Crippen LogP contribution >= 0.6 is 0 Å². The van der Waals surface area contributed by atoms with Crippen LogP contribution in [0.25, 0.3) is 0 Å². The quantitative estimate of drug-likeness (QED) is 0.785. The number of amides is 2. The van der Waals surface area contributed by atoms with Crippen molar-refractivity contribution in [3.63, 3.8) is 0 Å². The molecule has 0 unspecified atom stereocenters. The third-order valence-electron chi connectivity index (χ3n) is 6.11. The third-order valence-corrected chi connectivity index (χ3v) is 6.11. The molecule has 1 aromatic heterocycles. The Hall–Kier alpha value is -2.18. The molecular weight excluding hydrogens is 342 g/mol. The highest BCUT2D eigenvalue weighted by Gasteiger charge is 2.42. The molecule has 4 heterocycles. The van der Waals surface area contributed by atoms with Crippen molar-refractivity contribution < 1.29 is 9.59 Å². The molecule has 0 aliphatic carbocycles. The van der Waals surface area contributed by atoms with Crippen molar-refractivity contribution in [1.82, 2.24) is 19.8 Å². The van der Waals surface area contributed by atoms with Gasteiger partial charge in [0, 0.05) is 76.1 Å². The molecule has 146 valence electrons. The number of hydrogen-bond acceptors (Lipinski definition) is 5. The molecule has 1 aromatic rings. The van der Waals surface area contributed by atoms with Gasteiger partial charge in [-0.3, -0.25) is 9.59 Å². The van der Waals surface area contributed by atoms with Gasteiger partial charge in [0.2, 0.25) is 11.8 Å². The van der Waals surface area contributed by atoms with E-state index >= 15 is 0 Å². The second-order valence-electron chi connectivity index (χ2n) is 8.39. The molecule has 0 spiro atoms. The van der Waals surface area contributed by atoms with Crippen molar-refractivity contribution in [3.8, 4) is 0 Å². The minimum absolute atomic E-state index is 0.194. The van der Waals surface area contributed by atoms with Crippen molar-refractivity contribution >= 4 is 17.6 Å². The lowest BCUT2D eigenvalue weighted by Crippen LogP contribution is -2.36. The summed E-state index contributed by atoms with van der Waals surface area (Å²) in [6.07, 6.45) is 3.87. The number of carbonyl (C=O) groups excluding carboxylic acids is 2. The van der Waals surface area contributed by atoms with Crippen LogP contribution in [0.1, 0.15) is 44.9 Å². The van der Waals surface area contributed by atoms with E-state index in [0.717, 1.165) is 50.8 Å². The predicted octanol–water partition coefficient (Wildman–Crippen LogP) is 1.51. The fraction of sp³-hybridized carbons (Fsp3) is 0.700. The summed E-state index contributed by atoms with van der Waals surface area (Å²) in [4.78, 5) is 39.5. The lowest BCUT2D eigenvalue weighted by Gasteiger charge is -2.23. The van der Waals surface area contributed by atoms with Crippen LogP contribution in [0, 0.1) is 11.8 Å². The Morgan fingerprint density at radius 1 is 1.22 bits per heavy atom. The molecule has 3 saturated heterocycles. The average Bonchev–Trinajstić information content (AvgIpc) is 3.34. The zero-order valence-electron chi connectivity index (χ0n) is 16.3. The van der Waals surface area contributed by atoms with Gasteiger partial charge in [-0.2, -0.15) is 0 Å². The van der Waals surface area contributed by atoms with E-state index in [4.69, 9.17) is 4.98 Å². The van der Waals surface area contributed by atoms with Crippen molar-refractivity contribution in [1.29, 1.82) is 0 Å². The number of carbonyl (C=O) groups is 2. The molecule has 0 aromatic carbocycles. The van der Waals surface area contributed by atoms with Crippen molar-refractivity contribution in [2.75, 3.05) is 44.2 Å². The molecule has 0 saturated carbocycles. The van der Waals surface area contributed by atoms with Crippen LogP contribution in [0.5, 0.6) is 0 Å². The van der Waals surface area contributed by atoms with Crippen LogP contribution in [0.15, 0.2) is 12.3 Å². The van der Waals surface area contributed by atoms with E-state index in [1.54, 1.807) is 0 Å². The second kappa shape index (κ2) is 7.44. The average molecular weight is 371 g/mol. The lowest BCUT2D eigenvalue weighted by atomic mass is 10.0. The van der Waals surface area contributed by atoms with Gasteiger partial charge in [0.15, 0.2) is 0 Å². The molecule has 4 rings (SSSR count). The fourth-order valence-electron chi connectivity index (χ4n) is 4.53. The van der Waals surface area contributed by atoms with Gasteiger partial charge in [0.05, 0.1) is 0 Å². The summed E-state index contributed by atoms with van der Waals surface area (Å²) in [5, 5.41) is 0. The number of rotatable bonds is 5. The number of hydrogen-bond donors (Lipinski definition) is 0. The van der Waals surface area contributed by atoms with Crippen LogP contribution in [0.2, 0.25) is 0 Å². The minimum Gasteiger partial charge on any atom is -0.356 e. The van der Waals surface area contributed by atoms with Crippen LogP contribution in [0.4, 0.5) is 5.82 Å². The van der Waals surface area contributed by atoms with Gasteiger partial charge in [-0.15, -0.1) is 0 Å². The molecule has 2 amide bonds. The summed E-state index contributed by atoms with van der Waals surface area (Å²) in [7, 11) is 0. The minimum atomic E-state index is 0.194. The van der Waals surface area contributed by atoms with Gasteiger partial charge in [0.25, 0.3) is 0 Å². The Morgan fingerprint density at radius 2 is 1.96 bits per heavy atom. The first-order chi connectivity index (χ1) is 13.0. The topological polar surface area (TPSA) is 69.6 Å². The van der Waals surface area contributed by atoms with Crippen molar-refractivity contribution in [2.45, 2.75) is 39.0 Å². The van der Waals surface area contributed by atoms with E-state index in [9.17, 15) is 9.59 Å². The number of anilines is 1. The molecule has 27 heavy (non-hydrogen) atoms. The van der Waals surface area contributed by atoms with Crippen LogP contribution in [-0.2, 0) is 9.59 Å². The Labute approximate surface area is 160 Å².